The molecule has 1 aliphatic rings. The molecule has 17 heavy (non-hydrogen) atoms. The molecule has 0 radical (unpaired) electrons. The van der Waals surface area contributed by atoms with Crippen molar-refractivity contribution in [1.82, 2.24) is 5.32 Å². The summed E-state index contributed by atoms with van der Waals surface area (Å²) in [5, 5.41) is 2.96. The molecule has 0 bridgehead atoms. The Morgan fingerprint density at radius 2 is 2.00 bits per heavy atom. The fourth-order valence-corrected chi connectivity index (χ4v) is 2.43. The minimum absolute atomic E-state index is 0.259. The van der Waals surface area contributed by atoms with Gasteiger partial charge in [-0.15, -0.1) is 0 Å². The third kappa shape index (κ3) is 2.16. The summed E-state index contributed by atoms with van der Waals surface area (Å²) < 4.78 is 52.3. The molecule has 1 heterocycles. The van der Waals surface area contributed by atoms with Crippen LogP contribution in [0.15, 0.2) is 18.2 Å². The van der Waals surface area contributed by atoms with E-state index in [0.717, 1.165) is 24.6 Å². The second kappa shape index (κ2) is 3.98. The van der Waals surface area contributed by atoms with Gasteiger partial charge >= 0.3 is 6.18 Å². The van der Waals surface area contributed by atoms with Crippen LogP contribution < -0.4 is 5.32 Å². The largest absolute Gasteiger partial charge is 0.416 e. The van der Waals surface area contributed by atoms with Crippen LogP contribution in [-0.2, 0) is 11.7 Å². The summed E-state index contributed by atoms with van der Waals surface area (Å²) in [6.07, 6.45) is -3.26. The van der Waals surface area contributed by atoms with Gasteiger partial charge in [0.25, 0.3) is 0 Å². The SMILES string of the molecule is CC1(c2c(F)cccc2C(F)(F)F)CCCN1. The number of hydrogen-bond donors (Lipinski definition) is 1. The minimum atomic E-state index is -4.52. The van der Waals surface area contributed by atoms with Crippen LogP contribution in [0.25, 0.3) is 0 Å². The van der Waals surface area contributed by atoms with Crippen molar-refractivity contribution in [3.8, 4) is 0 Å². The van der Waals surface area contributed by atoms with E-state index in [1.165, 1.54) is 0 Å². The van der Waals surface area contributed by atoms with Crippen molar-refractivity contribution in [2.75, 3.05) is 6.54 Å². The molecule has 0 spiro atoms. The van der Waals surface area contributed by atoms with Crippen LogP contribution in [0.2, 0.25) is 0 Å². The van der Waals surface area contributed by atoms with Crippen LogP contribution in [0.3, 0.4) is 0 Å². The Morgan fingerprint density at radius 3 is 2.53 bits per heavy atom. The molecular formula is C12H13F4N. The van der Waals surface area contributed by atoms with E-state index in [1.54, 1.807) is 6.92 Å². The van der Waals surface area contributed by atoms with Crippen LogP contribution >= 0.6 is 0 Å². The van der Waals surface area contributed by atoms with Crippen LogP contribution in [0.5, 0.6) is 0 Å². The van der Waals surface area contributed by atoms with Crippen molar-refractivity contribution in [2.24, 2.45) is 0 Å². The Labute approximate surface area is 96.8 Å². The van der Waals surface area contributed by atoms with Crippen LogP contribution in [0, 0.1) is 5.82 Å². The molecule has 0 aliphatic carbocycles. The molecule has 1 saturated heterocycles. The average molecular weight is 247 g/mol. The molecule has 0 amide bonds. The van der Waals surface area contributed by atoms with Crippen LogP contribution in [-0.4, -0.2) is 6.54 Å². The lowest BCUT2D eigenvalue weighted by Crippen LogP contribution is -2.36. The molecule has 5 heteroatoms. The smallest absolute Gasteiger partial charge is 0.307 e. The molecule has 2 rings (SSSR count). The lowest BCUT2D eigenvalue weighted by Gasteiger charge is -2.28. The molecule has 1 N–H and O–H groups in total. The van der Waals surface area contributed by atoms with Crippen LogP contribution in [0.1, 0.15) is 30.9 Å². The lowest BCUT2D eigenvalue weighted by atomic mass is 9.86. The van der Waals surface area contributed by atoms with Crippen molar-refractivity contribution in [1.29, 1.82) is 0 Å². The fourth-order valence-electron chi connectivity index (χ4n) is 2.43. The van der Waals surface area contributed by atoms with Crippen molar-refractivity contribution in [3.05, 3.63) is 35.1 Å². The van der Waals surface area contributed by atoms with Crippen molar-refractivity contribution >= 4 is 0 Å². The molecule has 0 aromatic heterocycles. The van der Waals surface area contributed by atoms with Gasteiger partial charge in [0.1, 0.15) is 5.82 Å². The van der Waals surface area contributed by atoms with Gasteiger partial charge < -0.3 is 5.32 Å². The number of rotatable bonds is 1. The van der Waals surface area contributed by atoms with Crippen molar-refractivity contribution < 1.29 is 17.6 Å². The molecule has 1 aromatic rings. The summed E-state index contributed by atoms with van der Waals surface area (Å²) in [5.41, 5.74) is -2.06. The standard InChI is InChI=1S/C12H13F4N/c1-11(6-3-7-17-11)10-8(12(14,15)16)4-2-5-9(10)13/h2,4-5,17H,3,6-7H2,1H3. The minimum Gasteiger partial charge on any atom is -0.307 e. The van der Waals surface area contributed by atoms with E-state index < -0.39 is 23.1 Å². The molecular weight excluding hydrogens is 234 g/mol. The Morgan fingerprint density at radius 1 is 1.29 bits per heavy atom. The number of hydrogen-bond acceptors (Lipinski definition) is 1. The first kappa shape index (κ1) is 12.4. The van der Waals surface area contributed by atoms with Gasteiger partial charge in [-0.2, -0.15) is 13.2 Å². The molecule has 0 saturated carbocycles. The van der Waals surface area contributed by atoms with Gasteiger partial charge in [-0.3, -0.25) is 0 Å². The van der Waals surface area contributed by atoms with Gasteiger partial charge in [-0.25, -0.2) is 4.39 Å². The van der Waals surface area contributed by atoms with Crippen LogP contribution in [0.4, 0.5) is 17.6 Å². The zero-order valence-corrected chi connectivity index (χ0v) is 9.37. The first-order valence-electron chi connectivity index (χ1n) is 5.46. The summed E-state index contributed by atoms with van der Waals surface area (Å²) in [6.45, 7) is 2.23. The van der Waals surface area contributed by atoms with Gasteiger partial charge in [-0.1, -0.05) is 6.07 Å². The Bertz CT molecular complexity index is 419. The van der Waals surface area contributed by atoms with Gasteiger partial charge in [-0.05, 0) is 38.4 Å². The third-order valence-corrected chi connectivity index (χ3v) is 3.24. The lowest BCUT2D eigenvalue weighted by molar-refractivity contribution is -0.139. The predicted molar refractivity (Wildman–Crippen MR) is 56.0 cm³/mol. The maximum atomic E-state index is 13.7. The van der Waals surface area contributed by atoms with E-state index in [4.69, 9.17) is 0 Å². The maximum absolute atomic E-state index is 13.7. The Balaban J connectivity index is 2.59. The van der Waals surface area contributed by atoms with Gasteiger partial charge in [0.15, 0.2) is 0 Å². The van der Waals surface area contributed by atoms with Gasteiger partial charge in [0, 0.05) is 11.1 Å². The number of halogens is 4. The first-order valence-corrected chi connectivity index (χ1v) is 5.46. The molecule has 1 nitrogen and oxygen atoms in total. The summed E-state index contributed by atoms with van der Waals surface area (Å²) >= 11 is 0. The summed E-state index contributed by atoms with van der Waals surface area (Å²) in [5.74, 6) is -0.795. The number of benzene rings is 1. The molecule has 94 valence electrons. The quantitative estimate of drug-likeness (QED) is 0.749. The average Bonchev–Trinajstić information content (AvgIpc) is 2.64. The highest BCUT2D eigenvalue weighted by atomic mass is 19.4. The Hall–Kier alpha value is -1.10. The number of nitrogens with one attached hydrogen (secondary N) is 1. The second-order valence-electron chi connectivity index (χ2n) is 4.52. The summed E-state index contributed by atoms with van der Waals surface area (Å²) in [4.78, 5) is 0. The zero-order chi connectivity index (χ0) is 12.7. The molecule has 1 unspecified atom stereocenters. The summed E-state index contributed by atoms with van der Waals surface area (Å²) in [7, 11) is 0. The highest BCUT2D eigenvalue weighted by molar-refractivity contribution is 5.37. The summed E-state index contributed by atoms with van der Waals surface area (Å²) in [6, 6.07) is 3.11. The van der Waals surface area contributed by atoms with Gasteiger partial charge in [0.05, 0.1) is 5.56 Å². The fraction of sp³-hybridized carbons (Fsp3) is 0.500. The van der Waals surface area contributed by atoms with E-state index in [9.17, 15) is 17.6 Å². The predicted octanol–water partition coefficient (Wildman–Crippen LogP) is 3.44. The molecule has 1 aromatic carbocycles. The van der Waals surface area contributed by atoms with Crippen molar-refractivity contribution in [3.63, 3.8) is 0 Å². The second-order valence-corrected chi connectivity index (χ2v) is 4.52. The maximum Gasteiger partial charge on any atom is 0.416 e. The first-order chi connectivity index (χ1) is 7.84. The molecule has 1 atom stereocenters. The third-order valence-electron chi connectivity index (χ3n) is 3.24. The van der Waals surface area contributed by atoms with E-state index in [1.807, 2.05) is 0 Å². The van der Waals surface area contributed by atoms with E-state index in [0.29, 0.717) is 13.0 Å². The van der Waals surface area contributed by atoms with E-state index >= 15 is 0 Å². The van der Waals surface area contributed by atoms with E-state index in [2.05, 4.69) is 5.32 Å². The monoisotopic (exact) mass is 247 g/mol. The zero-order valence-electron chi connectivity index (χ0n) is 9.37. The van der Waals surface area contributed by atoms with Crippen molar-refractivity contribution in [2.45, 2.75) is 31.5 Å². The molecule has 1 fully saturated rings. The highest BCUT2D eigenvalue weighted by Gasteiger charge is 2.42. The topological polar surface area (TPSA) is 12.0 Å². The highest BCUT2D eigenvalue weighted by Crippen LogP contribution is 2.41. The Kier molecular flexibility index (Phi) is 2.89. The van der Waals surface area contributed by atoms with Gasteiger partial charge in [0.2, 0.25) is 0 Å². The molecule has 1 aliphatic heterocycles. The number of alkyl halides is 3. The normalized spacial score (nSPS) is 25.2. The van der Waals surface area contributed by atoms with E-state index in [-0.39, 0.29) is 5.56 Å².